The van der Waals surface area contributed by atoms with E-state index < -0.39 is 35.8 Å². The Morgan fingerprint density at radius 1 is 1.06 bits per heavy atom. The molecule has 2 N–H and O–H groups in total. The number of imide groups is 1. The number of aromatic carboxylic acids is 1. The zero-order valence-corrected chi connectivity index (χ0v) is 18.0. The van der Waals surface area contributed by atoms with E-state index >= 15 is 0 Å². The van der Waals surface area contributed by atoms with Crippen molar-refractivity contribution < 1.29 is 43.8 Å². The van der Waals surface area contributed by atoms with E-state index in [0.717, 1.165) is 6.07 Å². The Labute approximate surface area is 197 Å². The number of ketones is 1. The summed E-state index contributed by atoms with van der Waals surface area (Å²) >= 11 is 0. The van der Waals surface area contributed by atoms with Gasteiger partial charge in [0.15, 0.2) is 5.78 Å². The molecule has 4 aliphatic rings. The number of hydrogen-bond acceptors (Lipinski definition) is 8. The van der Waals surface area contributed by atoms with Crippen molar-refractivity contribution in [1.29, 1.82) is 0 Å². The molecule has 10 heteroatoms. The zero-order chi connectivity index (χ0) is 24.9. The van der Waals surface area contributed by atoms with Crippen molar-refractivity contribution in [2.24, 2.45) is 5.92 Å². The molecule has 1 fully saturated rings. The average molecular weight is 475 g/mol. The van der Waals surface area contributed by atoms with Gasteiger partial charge in [-0.3, -0.25) is 14.4 Å². The van der Waals surface area contributed by atoms with Crippen LogP contribution in [-0.4, -0.2) is 50.9 Å². The maximum atomic E-state index is 12.6. The highest BCUT2D eigenvalue weighted by Crippen LogP contribution is 2.44. The second kappa shape index (κ2) is 8.24. The van der Waals surface area contributed by atoms with Crippen molar-refractivity contribution in [2.45, 2.75) is 18.9 Å². The molecule has 0 aromatic heterocycles. The molecule has 2 unspecified atom stereocenters. The van der Waals surface area contributed by atoms with Crippen LogP contribution in [-0.2, 0) is 24.0 Å². The minimum Gasteiger partial charge on any atom is -0.508 e. The fourth-order valence-electron chi connectivity index (χ4n) is 4.36. The van der Waals surface area contributed by atoms with E-state index in [9.17, 15) is 34.2 Å². The van der Waals surface area contributed by atoms with Crippen LogP contribution in [0.25, 0.3) is 5.57 Å². The lowest BCUT2D eigenvalue weighted by Crippen LogP contribution is -2.32. The Bertz CT molecular complexity index is 1360. The third kappa shape index (κ3) is 3.84. The lowest BCUT2D eigenvalue weighted by molar-refractivity contribution is -0.172. The van der Waals surface area contributed by atoms with Crippen molar-refractivity contribution in [1.82, 2.24) is 5.06 Å². The predicted octanol–water partition coefficient (Wildman–Crippen LogP) is 2.41. The number of hydroxylamine groups is 2. The summed E-state index contributed by atoms with van der Waals surface area (Å²) in [5, 5.41) is 20.3. The van der Waals surface area contributed by atoms with E-state index in [-0.39, 0.29) is 46.8 Å². The average Bonchev–Trinajstić information content (AvgIpc) is 3.14. The van der Waals surface area contributed by atoms with Crippen molar-refractivity contribution in [3.63, 3.8) is 0 Å². The number of aliphatic hydroxyl groups excluding tert-OH is 1. The molecular formula is C25H17NO9. The standard InChI is InChI=1S/C25H17NO9/c27-13-2-5-16-19(10-13)34-20-11-14(28)3-6-17(20)23(16)15-4-1-12(9-18(15)24(31)32)25(33)35-26-21(29)7-8-22(26)30/h1-6,9-11,16,19,27H,7-8H2,(H,31,32). The van der Waals surface area contributed by atoms with Gasteiger partial charge in [-0.2, -0.15) is 0 Å². The number of fused-ring (bicyclic) bond motifs is 2. The fraction of sp³-hybridized carbons (Fsp3) is 0.160. The van der Waals surface area contributed by atoms with Gasteiger partial charge in [0.25, 0.3) is 11.8 Å². The molecule has 1 aromatic rings. The molecule has 0 bridgehead atoms. The molecule has 0 saturated carbocycles. The number of amides is 2. The molecule has 1 saturated heterocycles. The van der Waals surface area contributed by atoms with E-state index in [4.69, 9.17) is 9.57 Å². The van der Waals surface area contributed by atoms with Crippen molar-refractivity contribution in [3.05, 3.63) is 88.4 Å². The second-order valence-electron chi connectivity index (χ2n) is 8.16. The summed E-state index contributed by atoms with van der Waals surface area (Å²) < 4.78 is 5.90. The molecule has 1 aromatic carbocycles. The maximum Gasteiger partial charge on any atom is 0.363 e. The van der Waals surface area contributed by atoms with Gasteiger partial charge in [-0.25, -0.2) is 9.59 Å². The van der Waals surface area contributed by atoms with E-state index in [0.29, 0.717) is 16.2 Å². The monoisotopic (exact) mass is 475 g/mol. The first-order chi connectivity index (χ1) is 16.7. The summed E-state index contributed by atoms with van der Waals surface area (Å²) in [5.41, 5.74) is 0.878. The Hall–Kier alpha value is -4.73. The third-order valence-electron chi connectivity index (χ3n) is 5.96. The molecule has 2 aliphatic heterocycles. The van der Waals surface area contributed by atoms with Crippen LogP contribution in [0.1, 0.15) is 39.1 Å². The first kappa shape index (κ1) is 22.1. The number of allylic oxidation sites excluding steroid dienone is 4. The van der Waals surface area contributed by atoms with E-state index in [1.54, 1.807) is 6.08 Å². The van der Waals surface area contributed by atoms with Crippen molar-refractivity contribution >= 4 is 35.1 Å². The van der Waals surface area contributed by atoms with Crippen LogP contribution in [0.3, 0.4) is 0 Å². The van der Waals surface area contributed by atoms with Crippen molar-refractivity contribution in [3.8, 4) is 0 Å². The van der Waals surface area contributed by atoms with Gasteiger partial charge in [0.1, 0.15) is 17.6 Å². The second-order valence-corrected chi connectivity index (χ2v) is 8.16. The summed E-state index contributed by atoms with van der Waals surface area (Å²) in [5.74, 6) is -4.30. The van der Waals surface area contributed by atoms with Gasteiger partial charge >= 0.3 is 11.9 Å². The molecule has 0 radical (unpaired) electrons. The minimum atomic E-state index is -1.33. The Morgan fingerprint density at radius 2 is 1.80 bits per heavy atom. The number of hydrogen-bond donors (Lipinski definition) is 2. The molecule has 2 atom stereocenters. The number of ether oxygens (including phenoxy) is 1. The van der Waals surface area contributed by atoms with Gasteiger partial charge in [0.2, 0.25) is 0 Å². The van der Waals surface area contributed by atoms with Crippen LogP contribution in [0.15, 0.2) is 71.7 Å². The van der Waals surface area contributed by atoms with Crippen LogP contribution in [0.5, 0.6) is 0 Å². The topological polar surface area (TPSA) is 148 Å². The van der Waals surface area contributed by atoms with Crippen molar-refractivity contribution in [2.75, 3.05) is 0 Å². The highest BCUT2D eigenvalue weighted by Gasteiger charge is 2.38. The first-order valence-electron chi connectivity index (χ1n) is 10.6. The summed E-state index contributed by atoms with van der Waals surface area (Å²) in [6.45, 7) is 0. The highest BCUT2D eigenvalue weighted by molar-refractivity contribution is 6.06. The molecule has 5 rings (SSSR count). The van der Waals surface area contributed by atoms with Crippen LogP contribution in [0.4, 0.5) is 0 Å². The molecule has 0 spiro atoms. The number of rotatable bonds is 4. The third-order valence-corrected chi connectivity index (χ3v) is 5.96. The summed E-state index contributed by atoms with van der Waals surface area (Å²) in [6, 6.07) is 3.85. The molecule has 2 aliphatic carbocycles. The summed E-state index contributed by atoms with van der Waals surface area (Å²) in [6.07, 6.45) is 7.91. The number of aliphatic hydroxyl groups is 1. The van der Waals surface area contributed by atoms with Crippen LogP contribution >= 0.6 is 0 Å². The molecule has 176 valence electrons. The van der Waals surface area contributed by atoms with E-state index in [1.165, 1.54) is 42.5 Å². The number of nitrogens with zero attached hydrogens (tertiary/aromatic N) is 1. The molecule has 10 nitrogen and oxygen atoms in total. The first-order valence-corrected chi connectivity index (χ1v) is 10.6. The SMILES string of the molecule is O=C1C=CC2=C(c3ccc(C(=O)ON4C(=O)CCC4=O)cc3C(=O)O)C3C=CC(O)=CC3OC2=C1. The zero-order valence-electron chi connectivity index (χ0n) is 18.0. The smallest absolute Gasteiger partial charge is 0.363 e. The molecular weight excluding hydrogens is 458 g/mol. The van der Waals surface area contributed by atoms with Crippen LogP contribution < -0.4 is 0 Å². The Kier molecular flexibility index (Phi) is 5.20. The quantitative estimate of drug-likeness (QED) is 0.626. The van der Waals surface area contributed by atoms with Gasteiger partial charge < -0.3 is 19.8 Å². The lowest BCUT2D eigenvalue weighted by Gasteiger charge is -2.36. The van der Waals surface area contributed by atoms with Gasteiger partial charge in [-0.15, -0.1) is 5.06 Å². The Morgan fingerprint density at radius 3 is 2.51 bits per heavy atom. The van der Waals surface area contributed by atoms with Crippen LogP contribution in [0.2, 0.25) is 0 Å². The molecule has 2 amide bonds. The van der Waals surface area contributed by atoms with Crippen LogP contribution in [0, 0.1) is 5.92 Å². The van der Waals surface area contributed by atoms with E-state index in [2.05, 4.69) is 0 Å². The summed E-state index contributed by atoms with van der Waals surface area (Å²) in [4.78, 5) is 65.2. The predicted molar refractivity (Wildman–Crippen MR) is 117 cm³/mol. The van der Waals surface area contributed by atoms with Gasteiger partial charge in [0, 0.05) is 30.4 Å². The number of carboxylic acids is 1. The van der Waals surface area contributed by atoms with Gasteiger partial charge in [-0.05, 0) is 47.6 Å². The number of benzene rings is 1. The minimum absolute atomic E-state index is 0.0325. The fourth-order valence-corrected chi connectivity index (χ4v) is 4.36. The number of carboxylic acid groups (broad SMARTS) is 1. The normalized spacial score (nSPS) is 22.9. The lowest BCUT2D eigenvalue weighted by atomic mass is 9.77. The summed E-state index contributed by atoms with van der Waals surface area (Å²) in [7, 11) is 0. The molecule has 35 heavy (non-hydrogen) atoms. The maximum absolute atomic E-state index is 12.6. The number of carbonyl (C=O) groups excluding carboxylic acids is 4. The van der Waals surface area contributed by atoms with Gasteiger partial charge in [-0.1, -0.05) is 12.1 Å². The highest BCUT2D eigenvalue weighted by atomic mass is 16.7. The molecule has 2 heterocycles. The van der Waals surface area contributed by atoms with E-state index in [1.807, 2.05) is 0 Å². The van der Waals surface area contributed by atoms with Gasteiger partial charge in [0.05, 0.1) is 11.1 Å². The largest absolute Gasteiger partial charge is 0.508 e. The number of carbonyl (C=O) groups is 5. The Balaban J connectivity index is 1.59.